The number of aromatic nitrogens is 1. The Morgan fingerprint density at radius 2 is 1.85 bits per heavy atom. The molecule has 0 bridgehead atoms. The molecule has 2 N–H and O–H groups in total. The summed E-state index contributed by atoms with van der Waals surface area (Å²) in [5.41, 5.74) is 2.62. The van der Waals surface area contributed by atoms with Gasteiger partial charge in [0.15, 0.2) is 0 Å². The molecule has 138 valence electrons. The van der Waals surface area contributed by atoms with Crippen molar-refractivity contribution in [1.29, 1.82) is 0 Å². The van der Waals surface area contributed by atoms with Gasteiger partial charge >= 0.3 is 0 Å². The summed E-state index contributed by atoms with van der Waals surface area (Å²) in [5, 5.41) is 6.50. The maximum atomic E-state index is 4.06. The molecule has 27 heavy (non-hydrogen) atoms. The first-order valence-electron chi connectivity index (χ1n) is 9.97. The number of allylic oxidation sites excluding steroid dienone is 6. The van der Waals surface area contributed by atoms with E-state index in [2.05, 4.69) is 108 Å². The average molecular weight is 375 g/mol. The minimum Gasteiger partial charge on any atom is -0.361 e. The summed E-state index contributed by atoms with van der Waals surface area (Å²) in [6.07, 6.45) is 21.7. The lowest BCUT2D eigenvalue weighted by molar-refractivity contribution is 0.346. The van der Waals surface area contributed by atoms with Crippen LogP contribution in [0.2, 0.25) is 0 Å². The number of thioether (sulfide) groups is 1. The molecule has 2 aliphatic carbocycles. The third-order valence-electron chi connectivity index (χ3n) is 6.17. The number of fused-ring (bicyclic) bond motifs is 2. The molecule has 0 amide bonds. The Bertz CT molecular complexity index is 915. The maximum Gasteiger partial charge on any atom is 0.0549 e. The highest BCUT2D eigenvalue weighted by Gasteiger charge is 2.36. The van der Waals surface area contributed by atoms with E-state index in [4.69, 9.17) is 0 Å². The van der Waals surface area contributed by atoms with Crippen LogP contribution in [0.5, 0.6) is 0 Å². The van der Waals surface area contributed by atoms with E-state index in [0.29, 0.717) is 34.4 Å². The largest absolute Gasteiger partial charge is 0.361 e. The molecular weight excluding hydrogens is 348 g/mol. The van der Waals surface area contributed by atoms with Gasteiger partial charge in [-0.05, 0) is 29.9 Å². The standard InChI is InChI=1S/C24H26N2S/c1-16-8-2-4-10-18(16)24(20-15-25-21-12-6-5-11-19(20)21)26-23-14-17-9-3-7-13-22(17)27-23/h2-13,15-18,22-26H,14H2,1H3. The van der Waals surface area contributed by atoms with Gasteiger partial charge in [0.05, 0.1) is 5.37 Å². The number of para-hydroxylation sites is 1. The fraction of sp³-hybridized carbons (Fsp3) is 0.333. The van der Waals surface area contributed by atoms with Crippen molar-refractivity contribution in [3.8, 4) is 0 Å². The van der Waals surface area contributed by atoms with Crippen LogP contribution < -0.4 is 5.32 Å². The molecule has 6 unspecified atom stereocenters. The minimum absolute atomic E-state index is 0.308. The van der Waals surface area contributed by atoms with Crippen molar-refractivity contribution in [2.45, 2.75) is 30.0 Å². The van der Waals surface area contributed by atoms with Crippen molar-refractivity contribution in [2.24, 2.45) is 17.8 Å². The van der Waals surface area contributed by atoms with Crippen molar-refractivity contribution in [3.05, 3.63) is 84.6 Å². The molecule has 1 fully saturated rings. The lowest BCUT2D eigenvalue weighted by atomic mass is 9.81. The third-order valence-corrected chi connectivity index (χ3v) is 7.65. The van der Waals surface area contributed by atoms with Crippen molar-refractivity contribution >= 4 is 22.7 Å². The van der Waals surface area contributed by atoms with Gasteiger partial charge in [0.2, 0.25) is 0 Å². The summed E-state index contributed by atoms with van der Waals surface area (Å²) in [7, 11) is 0. The van der Waals surface area contributed by atoms with E-state index in [1.165, 1.54) is 22.9 Å². The summed E-state index contributed by atoms with van der Waals surface area (Å²) in [4.78, 5) is 3.49. The zero-order chi connectivity index (χ0) is 18.2. The van der Waals surface area contributed by atoms with Crippen LogP contribution in [0.1, 0.15) is 24.9 Å². The molecule has 3 aliphatic rings. The van der Waals surface area contributed by atoms with Crippen molar-refractivity contribution < 1.29 is 0 Å². The minimum atomic E-state index is 0.308. The first kappa shape index (κ1) is 17.2. The van der Waals surface area contributed by atoms with Crippen LogP contribution in [0.15, 0.2) is 79.1 Å². The Kier molecular flexibility index (Phi) is 4.58. The quantitative estimate of drug-likeness (QED) is 0.713. The van der Waals surface area contributed by atoms with Crippen LogP contribution in [0, 0.1) is 17.8 Å². The monoisotopic (exact) mass is 374 g/mol. The van der Waals surface area contributed by atoms with Gasteiger partial charge in [-0.25, -0.2) is 0 Å². The second-order valence-corrected chi connectivity index (χ2v) is 9.28. The highest BCUT2D eigenvalue weighted by atomic mass is 32.2. The highest BCUT2D eigenvalue weighted by molar-refractivity contribution is 8.00. The van der Waals surface area contributed by atoms with Gasteiger partial charge in [0, 0.05) is 34.3 Å². The van der Waals surface area contributed by atoms with E-state index in [-0.39, 0.29) is 0 Å². The van der Waals surface area contributed by atoms with Gasteiger partial charge < -0.3 is 4.98 Å². The van der Waals surface area contributed by atoms with Gasteiger partial charge in [-0.3, -0.25) is 5.32 Å². The SMILES string of the molecule is CC1C=CC=CC1C(NC1CC2C=CC=CC2S1)c1c[nH]c2ccccc12. The van der Waals surface area contributed by atoms with Crippen LogP contribution >= 0.6 is 11.8 Å². The lowest BCUT2D eigenvalue weighted by Crippen LogP contribution is -2.36. The average Bonchev–Trinajstić information content (AvgIpc) is 3.30. The molecule has 1 aromatic carbocycles. The molecule has 1 aromatic heterocycles. The Labute approximate surface area is 165 Å². The van der Waals surface area contributed by atoms with Crippen LogP contribution in [0.3, 0.4) is 0 Å². The Hall–Kier alpha value is -1.97. The number of hydrogen-bond acceptors (Lipinski definition) is 2. The molecule has 6 atom stereocenters. The van der Waals surface area contributed by atoms with E-state index in [9.17, 15) is 0 Å². The molecular formula is C24H26N2S. The Balaban J connectivity index is 1.47. The second-order valence-electron chi connectivity index (χ2n) is 7.90. The van der Waals surface area contributed by atoms with Gasteiger partial charge in [-0.1, -0.05) is 73.7 Å². The lowest BCUT2D eigenvalue weighted by Gasteiger charge is -2.32. The molecule has 3 heteroatoms. The topological polar surface area (TPSA) is 27.8 Å². The molecule has 0 spiro atoms. The van der Waals surface area contributed by atoms with E-state index < -0.39 is 0 Å². The normalized spacial score (nSPS) is 32.9. The molecule has 2 nitrogen and oxygen atoms in total. The van der Waals surface area contributed by atoms with Crippen LogP contribution in [-0.4, -0.2) is 15.6 Å². The summed E-state index contributed by atoms with van der Waals surface area (Å²) >= 11 is 2.09. The summed E-state index contributed by atoms with van der Waals surface area (Å²) in [5.74, 6) is 1.65. The van der Waals surface area contributed by atoms with Crippen LogP contribution in [0.4, 0.5) is 0 Å². The van der Waals surface area contributed by atoms with Crippen molar-refractivity contribution in [3.63, 3.8) is 0 Å². The van der Waals surface area contributed by atoms with Crippen LogP contribution in [-0.2, 0) is 0 Å². The van der Waals surface area contributed by atoms with Crippen LogP contribution in [0.25, 0.3) is 10.9 Å². The molecule has 1 aliphatic heterocycles. The first-order valence-corrected chi connectivity index (χ1v) is 10.9. The van der Waals surface area contributed by atoms with E-state index in [1.54, 1.807) is 0 Å². The predicted octanol–water partition coefficient (Wildman–Crippen LogP) is 5.75. The van der Waals surface area contributed by atoms with Gasteiger partial charge in [0.1, 0.15) is 0 Å². The van der Waals surface area contributed by atoms with E-state index in [1.807, 2.05) is 0 Å². The maximum absolute atomic E-state index is 4.06. The number of H-pyrrole nitrogens is 1. The molecule has 2 heterocycles. The number of hydrogen-bond donors (Lipinski definition) is 2. The summed E-state index contributed by atoms with van der Waals surface area (Å²) in [6.45, 7) is 2.33. The molecule has 0 saturated carbocycles. The summed E-state index contributed by atoms with van der Waals surface area (Å²) < 4.78 is 0. The number of aromatic amines is 1. The number of rotatable bonds is 4. The summed E-state index contributed by atoms with van der Waals surface area (Å²) in [6, 6.07) is 8.97. The highest BCUT2D eigenvalue weighted by Crippen LogP contribution is 2.43. The molecule has 0 radical (unpaired) electrons. The van der Waals surface area contributed by atoms with Gasteiger partial charge in [0.25, 0.3) is 0 Å². The van der Waals surface area contributed by atoms with E-state index >= 15 is 0 Å². The number of benzene rings is 1. The molecule has 1 saturated heterocycles. The molecule has 5 rings (SSSR count). The van der Waals surface area contributed by atoms with Crippen molar-refractivity contribution in [2.75, 3.05) is 0 Å². The Morgan fingerprint density at radius 3 is 2.74 bits per heavy atom. The van der Waals surface area contributed by atoms with Crippen molar-refractivity contribution in [1.82, 2.24) is 10.3 Å². The first-order chi connectivity index (χ1) is 13.3. The predicted molar refractivity (Wildman–Crippen MR) is 117 cm³/mol. The zero-order valence-corrected chi connectivity index (χ0v) is 16.4. The zero-order valence-electron chi connectivity index (χ0n) is 15.6. The fourth-order valence-corrected chi connectivity index (χ4v) is 6.22. The van der Waals surface area contributed by atoms with E-state index in [0.717, 1.165) is 0 Å². The molecule has 2 aromatic rings. The van der Waals surface area contributed by atoms with Gasteiger partial charge in [-0.2, -0.15) is 0 Å². The fourth-order valence-electron chi connectivity index (χ4n) is 4.70. The number of nitrogens with one attached hydrogen (secondary N) is 2. The Morgan fingerprint density at radius 1 is 1.04 bits per heavy atom. The third kappa shape index (κ3) is 3.24. The smallest absolute Gasteiger partial charge is 0.0549 e. The van der Waals surface area contributed by atoms with Gasteiger partial charge in [-0.15, -0.1) is 11.8 Å². The second kappa shape index (κ2) is 7.21.